The summed E-state index contributed by atoms with van der Waals surface area (Å²) in [5, 5.41) is 6.98. The van der Waals surface area contributed by atoms with Crippen LogP contribution in [0.2, 0.25) is 0 Å². The lowest BCUT2D eigenvalue weighted by Crippen LogP contribution is -2.55. The smallest absolute Gasteiger partial charge is 0.318 e. The molecule has 1 heterocycles. The standard InChI is InChI=1S/C30H33N3O5S/c34-29(28(23-25-12-6-2-7-13-25)32-30(35)33-17-19-38-20-18-33)31-26(22-24-10-4-1-5-11-24)16-21-39(36,37)27-14-8-3-9-15-27/h1-16,21,26,28H,17-20,22-23H2,(H,31,34)(H,32,35)/b21-16+/t26-,28+/m1/s1. The van der Waals surface area contributed by atoms with Crippen LogP contribution in [0.1, 0.15) is 11.1 Å². The highest BCUT2D eigenvalue weighted by Gasteiger charge is 2.26. The number of rotatable bonds is 10. The van der Waals surface area contributed by atoms with Gasteiger partial charge in [0.25, 0.3) is 0 Å². The maximum atomic E-state index is 13.6. The zero-order valence-corrected chi connectivity index (χ0v) is 22.4. The molecule has 2 N–H and O–H groups in total. The van der Waals surface area contributed by atoms with Crippen LogP contribution in [0.4, 0.5) is 4.79 Å². The van der Waals surface area contributed by atoms with E-state index in [0.29, 0.717) is 32.7 Å². The molecule has 0 radical (unpaired) electrons. The highest BCUT2D eigenvalue weighted by Crippen LogP contribution is 2.13. The van der Waals surface area contributed by atoms with Crippen LogP contribution in [0.3, 0.4) is 0 Å². The van der Waals surface area contributed by atoms with Gasteiger partial charge in [0, 0.05) is 24.9 Å². The first-order valence-electron chi connectivity index (χ1n) is 12.9. The summed E-state index contributed by atoms with van der Waals surface area (Å²) in [7, 11) is -3.71. The van der Waals surface area contributed by atoms with Crippen LogP contribution in [0.25, 0.3) is 0 Å². The normalized spacial score (nSPS) is 15.4. The summed E-state index contributed by atoms with van der Waals surface area (Å²) < 4.78 is 31.1. The largest absolute Gasteiger partial charge is 0.378 e. The van der Waals surface area contributed by atoms with E-state index in [-0.39, 0.29) is 17.3 Å². The molecule has 39 heavy (non-hydrogen) atoms. The van der Waals surface area contributed by atoms with Gasteiger partial charge in [-0.25, -0.2) is 13.2 Å². The molecule has 0 saturated carbocycles. The first kappa shape index (κ1) is 28.1. The molecular formula is C30H33N3O5S. The lowest BCUT2D eigenvalue weighted by molar-refractivity contribution is -0.123. The monoisotopic (exact) mass is 547 g/mol. The Morgan fingerprint density at radius 3 is 1.92 bits per heavy atom. The summed E-state index contributed by atoms with van der Waals surface area (Å²) >= 11 is 0. The van der Waals surface area contributed by atoms with Gasteiger partial charge in [-0.05, 0) is 29.7 Å². The van der Waals surface area contributed by atoms with E-state index >= 15 is 0 Å². The minimum Gasteiger partial charge on any atom is -0.378 e. The number of sulfone groups is 1. The van der Waals surface area contributed by atoms with Crippen molar-refractivity contribution in [2.45, 2.75) is 29.8 Å². The van der Waals surface area contributed by atoms with E-state index in [1.807, 2.05) is 60.7 Å². The zero-order chi connectivity index (χ0) is 27.5. The molecule has 0 unspecified atom stereocenters. The maximum Gasteiger partial charge on any atom is 0.318 e. The number of nitrogens with zero attached hydrogens (tertiary/aromatic N) is 1. The van der Waals surface area contributed by atoms with Gasteiger partial charge in [0.2, 0.25) is 5.91 Å². The van der Waals surface area contributed by atoms with Crippen LogP contribution in [-0.2, 0) is 32.2 Å². The van der Waals surface area contributed by atoms with Crippen molar-refractivity contribution in [2.24, 2.45) is 0 Å². The van der Waals surface area contributed by atoms with Gasteiger partial charge < -0.3 is 20.3 Å². The molecule has 0 spiro atoms. The second-order valence-electron chi connectivity index (χ2n) is 9.28. The highest BCUT2D eigenvalue weighted by atomic mass is 32.2. The Bertz CT molecular complexity index is 1340. The maximum absolute atomic E-state index is 13.6. The molecule has 8 nitrogen and oxygen atoms in total. The molecule has 2 atom stereocenters. The summed E-state index contributed by atoms with van der Waals surface area (Å²) in [6, 6.07) is 25.2. The van der Waals surface area contributed by atoms with E-state index in [4.69, 9.17) is 4.74 Å². The lowest BCUT2D eigenvalue weighted by atomic mass is 10.0. The van der Waals surface area contributed by atoms with Crippen LogP contribution in [0.5, 0.6) is 0 Å². The van der Waals surface area contributed by atoms with E-state index < -0.39 is 27.8 Å². The first-order chi connectivity index (χ1) is 18.9. The fourth-order valence-electron chi connectivity index (χ4n) is 4.27. The topological polar surface area (TPSA) is 105 Å². The molecule has 0 bridgehead atoms. The van der Waals surface area contributed by atoms with Crippen molar-refractivity contribution < 1.29 is 22.7 Å². The number of urea groups is 1. The molecule has 1 saturated heterocycles. The number of carbonyl (C=O) groups excluding carboxylic acids is 2. The third-order valence-electron chi connectivity index (χ3n) is 6.38. The van der Waals surface area contributed by atoms with Gasteiger partial charge >= 0.3 is 6.03 Å². The fraction of sp³-hybridized carbons (Fsp3) is 0.267. The Balaban J connectivity index is 1.55. The Labute approximate surface area is 229 Å². The average molecular weight is 548 g/mol. The second kappa shape index (κ2) is 13.7. The molecule has 1 aliphatic heterocycles. The summed E-state index contributed by atoms with van der Waals surface area (Å²) in [6.45, 7) is 1.79. The number of carbonyl (C=O) groups is 2. The van der Waals surface area contributed by atoms with Crippen LogP contribution >= 0.6 is 0 Å². The van der Waals surface area contributed by atoms with Gasteiger partial charge in [-0.2, -0.15) is 0 Å². The number of morpholine rings is 1. The van der Waals surface area contributed by atoms with E-state index in [9.17, 15) is 18.0 Å². The summed E-state index contributed by atoms with van der Waals surface area (Å²) in [5.41, 5.74) is 1.82. The fourth-order valence-corrected chi connectivity index (χ4v) is 5.36. The molecule has 4 rings (SSSR count). The number of amides is 3. The number of benzene rings is 3. The van der Waals surface area contributed by atoms with E-state index in [1.54, 1.807) is 23.1 Å². The third kappa shape index (κ3) is 8.53. The summed E-state index contributed by atoms with van der Waals surface area (Å²) in [5.74, 6) is -0.400. The predicted molar refractivity (Wildman–Crippen MR) is 150 cm³/mol. The molecule has 204 valence electrons. The van der Waals surface area contributed by atoms with Gasteiger partial charge in [-0.3, -0.25) is 4.79 Å². The average Bonchev–Trinajstić information content (AvgIpc) is 2.97. The Morgan fingerprint density at radius 2 is 1.33 bits per heavy atom. The molecule has 0 aromatic heterocycles. The van der Waals surface area contributed by atoms with Crippen molar-refractivity contribution in [3.8, 4) is 0 Å². The van der Waals surface area contributed by atoms with Crippen molar-refractivity contribution >= 4 is 21.8 Å². The molecule has 3 amide bonds. The molecular weight excluding hydrogens is 514 g/mol. The van der Waals surface area contributed by atoms with Crippen molar-refractivity contribution in [3.63, 3.8) is 0 Å². The van der Waals surface area contributed by atoms with Crippen LogP contribution in [-0.4, -0.2) is 63.6 Å². The van der Waals surface area contributed by atoms with E-state index in [0.717, 1.165) is 16.5 Å². The Kier molecular flexibility index (Phi) is 9.88. The quantitative estimate of drug-likeness (QED) is 0.405. The van der Waals surface area contributed by atoms with Gasteiger partial charge in [-0.15, -0.1) is 0 Å². The molecule has 3 aromatic carbocycles. The van der Waals surface area contributed by atoms with Crippen LogP contribution < -0.4 is 10.6 Å². The van der Waals surface area contributed by atoms with Gasteiger partial charge in [0.05, 0.1) is 24.2 Å². The second-order valence-corrected chi connectivity index (χ2v) is 11.1. The van der Waals surface area contributed by atoms with Gasteiger partial charge in [0.1, 0.15) is 6.04 Å². The number of nitrogens with one attached hydrogen (secondary N) is 2. The molecule has 1 aliphatic rings. The Hall–Kier alpha value is -3.95. The third-order valence-corrected chi connectivity index (χ3v) is 7.83. The number of ether oxygens (including phenoxy) is 1. The molecule has 9 heteroatoms. The van der Waals surface area contributed by atoms with Crippen LogP contribution in [0.15, 0.2) is 107 Å². The van der Waals surface area contributed by atoms with E-state index in [1.165, 1.54) is 18.2 Å². The molecule has 3 aromatic rings. The van der Waals surface area contributed by atoms with Crippen molar-refractivity contribution in [3.05, 3.63) is 114 Å². The molecule has 1 fully saturated rings. The minimum atomic E-state index is -3.71. The first-order valence-corrected chi connectivity index (χ1v) is 14.4. The summed E-state index contributed by atoms with van der Waals surface area (Å²) in [6.07, 6.45) is 2.16. The zero-order valence-electron chi connectivity index (χ0n) is 21.6. The highest BCUT2D eigenvalue weighted by molar-refractivity contribution is 7.94. The number of hydrogen-bond acceptors (Lipinski definition) is 5. The van der Waals surface area contributed by atoms with Crippen molar-refractivity contribution in [2.75, 3.05) is 26.3 Å². The summed E-state index contributed by atoms with van der Waals surface area (Å²) in [4.78, 5) is 28.4. The van der Waals surface area contributed by atoms with Crippen molar-refractivity contribution in [1.29, 1.82) is 0 Å². The van der Waals surface area contributed by atoms with E-state index in [2.05, 4.69) is 10.6 Å². The minimum absolute atomic E-state index is 0.172. The predicted octanol–water partition coefficient (Wildman–Crippen LogP) is 3.35. The van der Waals surface area contributed by atoms with Crippen molar-refractivity contribution in [1.82, 2.24) is 15.5 Å². The van der Waals surface area contributed by atoms with Gasteiger partial charge in [-0.1, -0.05) is 84.9 Å². The van der Waals surface area contributed by atoms with Crippen LogP contribution in [0, 0.1) is 0 Å². The lowest BCUT2D eigenvalue weighted by Gasteiger charge is -2.29. The SMILES string of the molecule is O=C(N[C@H](/C=C/S(=O)(=O)c1ccccc1)Cc1ccccc1)[C@H](Cc1ccccc1)NC(=O)N1CCOCC1. The number of hydrogen-bond donors (Lipinski definition) is 2. The van der Waals surface area contributed by atoms with Gasteiger partial charge in [0.15, 0.2) is 9.84 Å². The molecule has 0 aliphatic carbocycles. The Morgan fingerprint density at radius 1 is 0.795 bits per heavy atom.